The predicted molar refractivity (Wildman–Crippen MR) is 52.8 cm³/mol. The Morgan fingerprint density at radius 2 is 2.00 bits per heavy atom. The number of hydrogen-bond acceptors (Lipinski definition) is 2. The molecule has 14 heavy (non-hydrogen) atoms. The molecule has 0 atom stereocenters. The van der Waals surface area contributed by atoms with Gasteiger partial charge >= 0.3 is 0 Å². The third kappa shape index (κ3) is 1.95. The standard InChI is InChI=1S/C9H11N2O2S/c12-14(13)10-6-7-11(14)8-9-4-2-1-3-5-9/h1-5H,6-8H2. The van der Waals surface area contributed by atoms with Gasteiger partial charge in [-0.1, -0.05) is 30.3 Å². The average molecular weight is 211 g/mol. The van der Waals surface area contributed by atoms with Gasteiger partial charge in [0.05, 0.1) is 0 Å². The Hall–Kier alpha value is -0.910. The number of rotatable bonds is 2. The second-order valence-electron chi connectivity index (χ2n) is 3.15. The van der Waals surface area contributed by atoms with E-state index in [-0.39, 0.29) is 0 Å². The van der Waals surface area contributed by atoms with Gasteiger partial charge in [0, 0.05) is 19.6 Å². The lowest BCUT2D eigenvalue weighted by Gasteiger charge is -2.12. The van der Waals surface area contributed by atoms with Gasteiger partial charge in [0.25, 0.3) is 10.2 Å². The minimum atomic E-state index is -3.33. The van der Waals surface area contributed by atoms with Crippen molar-refractivity contribution in [2.75, 3.05) is 13.1 Å². The second-order valence-corrected chi connectivity index (χ2v) is 4.82. The summed E-state index contributed by atoms with van der Waals surface area (Å²) >= 11 is 0. The molecule has 1 radical (unpaired) electrons. The van der Waals surface area contributed by atoms with Crippen molar-refractivity contribution in [3.63, 3.8) is 0 Å². The Labute approximate surface area is 83.7 Å². The van der Waals surface area contributed by atoms with Crippen LogP contribution < -0.4 is 4.72 Å². The fraction of sp³-hybridized carbons (Fsp3) is 0.333. The molecule has 1 saturated heterocycles. The molecule has 1 aromatic rings. The van der Waals surface area contributed by atoms with E-state index in [2.05, 4.69) is 4.72 Å². The van der Waals surface area contributed by atoms with Crippen LogP contribution in [-0.4, -0.2) is 25.8 Å². The van der Waals surface area contributed by atoms with Crippen molar-refractivity contribution in [3.8, 4) is 0 Å². The van der Waals surface area contributed by atoms with Gasteiger partial charge in [-0.2, -0.15) is 12.7 Å². The highest BCUT2D eigenvalue weighted by atomic mass is 32.2. The molecule has 1 aliphatic heterocycles. The second kappa shape index (κ2) is 3.68. The van der Waals surface area contributed by atoms with Gasteiger partial charge in [-0.3, -0.25) is 0 Å². The highest BCUT2D eigenvalue weighted by molar-refractivity contribution is 7.87. The molecule has 1 aliphatic rings. The quantitative estimate of drug-likeness (QED) is 0.709. The van der Waals surface area contributed by atoms with E-state index in [1.807, 2.05) is 30.3 Å². The first-order valence-electron chi connectivity index (χ1n) is 4.41. The molecule has 75 valence electrons. The maximum absolute atomic E-state index is 11.3. The number of benzene rings is 1. The van der Waals surface area contributed by atoms with Crippen molar-refractivity contribution < 1.29 is 8.42 Å². The van der Waals surface area contributed by atoms with Crippen LogP contribution in [0.1, 0.15) is 5.56 Å². The van der Waals surface area contributed by atoms with Gasteiger partial charge in [-0.05, 0) is 5.56 Å². The van der Waals surface area contributed by atoms with E-state index in [0.717, 1.165) is 5.56 Å². The summed E-state index contributed by atoms with van der Waals surface area (Å²) in [6.45, 7) is 1.30. The summed E-state index contributed by atoms with van der Waals surface area (Å²) in [5.74, 6) is 0. The van der Waals surface area contributed by atoms with E-state index in [9.17, 15) is 8.42 Å². The van der Waals surface area contributed by atoms with Crippen LogP contribution in [0.2, 0.25) is 0 Å². The summed E-state index contributed by atoms with van der Waals surface area (Å²) < 4.78 is 27.6. The molecule has 0 aromatic heterocycles. The van der Waals surface area contributed by atoms with Gasteiger partial charge in [-0.15, -0.1) is 4.72 Å². The molecule has 2 rings (SSSR count). The van der Waals surface area contributed by atoms with Crippen LogP contribution in [0.3, 0.4) is 0 Å². The summed E-state index contributed by atoms with van der Waals surface area (Å²) in [6.07, 6.45) is 0. The van der Waals surface area contributed by atoms with Gasteiger partial charge in [-0.25, -0.2) is 0 Å². The first kappa shape index (κ1) is 9.64. The van der Waals surface area contributed by atoms with Crippen molar-refractivity contribution in [3.05, 3.63) is 35.9 Å². The molecule has 0 N–H and O–H groups in total. The van der Waals surface area contributed by atoms with Crippen molar-refractivity contribution >= 4 is 10.2 Å². The van der Waals surface area contributed by atoms with Gasteiger partial charge in [0.1, 0.15) is 0 Å². The Kier molecular flexibility index (Phi) is 2.54. The minimum absolute atomic E-state index is 0.384. The average Bonchev–Trinajstić information content (AvgIpc) is 2.48. The maximum atomic E-state index is 11.3. The van der Waals surface area contributed by atoms with Crippen LogP contribution in [0.4, 0.5) is 0 Å². The molecule has 0 spiro atoms. The Morgan fingerprint density at radius 3 is 2.57 bits per heavy atom. The largest absolute Gasteiger partial charge is 0.296 e. The Balaban J connectivity index is 2.13. The highest BCUT2D eigenvalue weighted by Gasteiger charge is 2.28. The summed E-state index contributed by atoms with van der Waals surface area (Å²) in [7, 11) is -3.33. The molecule has 0 saturated carbocycles. The third-order valence-electron chi connectivity index (χ3n) is 2.13. The van der Waals surface area contributed by atoms with E-state index in [4.69, 9.17) is 0 Å². The molecule has 1 fully saturated rings. The highest BCUT2D eigenvalue weighted by Crippen LogP contribution is 2.11. The zero-order valence-electron chi connectivity index (χ0n) is 7.63. The van der Waals surface area contributed by atoms with Crippen molar-refractivity contribution in [2.45, 2.75) is 6.54 Å². The van der Waals surface area contributed by atoms with E-state index < -0.39 is 10.2 Å². The third-order valence-corrected chi connectivity index (χ3v) is 3.60. The topological polar surface area (TPSA) is 51.5 Å². The lowest BCUT2D eigenvalue weighted by atomic mass is 10.2. The molecular formula is C9H11N2O2S. The summed E-state index contributed by atoms with van der Waals surface area (Å²) in [5.41, 5.74) is 0.994. The molecule has 0 amide bonds. The van der Waals surface area contributed by atoms with E-state index in [1.165, 1.54) is 4.31 Å². The van der Waals surface area contributed by atoms with Crippen LogP contribution in [0.5, 0.6) is 0 Å². The summed E-state index contributed by atoms with van der Waals surface area (Å²) in [6, 6.07) is 9.53. The van der Waals surface area contributed by atoms with Gasteiger partial charge in [0.15, 0.2) is 0 Å². The van der Waals surface area contributed by atoms with Crippen LogP contribution >= 0.6 is 0 Å². The molecule has 4 nitrogen and oxygen atoms in total. The van der Waals surface area contributed by atoms with E-state index in [0.29, 0.717) is 19.6 Å². The molecule has 0 unspecified atom stereocenters. The first-order chi connectivity index (χ1) is 6.68. The molecule has 0 bridgehead atoms. The number of hydrogen-bond donors (Lipinski definition) is 0. The van der Waals surface area contributed by atoms with Gasteiger partial charge in [0.2, 0.25) is 0 Å². The van der Waals surface area contributed by atoms with E-state index >= 15 is 0 Å². The summed E-state index contributed by atoms with van der Waals surface area (Å²) in [4.78, 5) is 0. The van der Waals surface area contributed by atoms with Crippen molar-refractivity contribution in [2.24, 2.45) is 0 Å². The Bertz CT molecular complexity index is 402. The van der Waals surface area contributed by atoms with Crippen molar-refractivity contribution in [1.29, 1.82) is 0 Å². The minimum Gasteiger partial charge on any atom is -0.193 e. The number of nitrogens with zero attached hydrogens (tertiary/aromatic N) is 2. The fourth-order valence-electron chi connectivity index (χ4n) is 1.41. The predicted octanol–water partition coefficient (Wildman–Crippen LogP) is 0.351. The maximum Gasteiger partial charge on any atom is 0.296 e. The molecular weight excluding hydrogens is 200 g/mol. The Morgan fingerprint density at radius 1 is 1.29 bits per heavy atom. The van der Waals surface area contributed by atoms with E-state index in [1.54, 1.807) is 0 Å². The normalized spacial score (nSPS) is 21.1. The molecule has 0 aliphatic carbocycles. The zero-order chi connectivity index (χ0) is 10.0. The zero-order valence-corrected chi connectivity index (χ0v) is 8.44. The smallest absolute Gasteiger partial charge is 0.193 e. The summed E-state index contributed by atoms with van der Waals surface area (Å²) in [5, 5.41) is 0. The lowest BCUT2D eigenvalue weighted by molar-refractivity contribution is 0.446. The SMILES string of the molecule is O=S1(=O)[N]CCN1Cc1ccccc1. The van der Waals surface area contributed by atoms with Crippen LogP contribution in [-0.2, 0) is 16.8 Å². The van der Waals surface area contributed by atoms with Crippen LogP contribution in [0.25, 0.3) is 0 Å². The monoisotopic (exact) mass is 211 g/mol. The first-order valence-corrected chi connectivity index (χ1v) is 5.81. The lowest BCUT2D eigenvalue weighted by Crippen LogP contribution is -2.26. The van der Waals surface area contributed by atoms with Crippen LogP contribution in [0.15, 0.2) is 30.3 Å². The van der Waals surface area contributed by atoms with Gasteiger partial charge < -0.3 is 0 Å². The molecule has 1 aromatic carbocycles. The van der Waals surface area contributed by atoms with Crippen molar-refractivity contribution in [1.82, 2.24) is 9.03 Å². The molecule has 5 heteroatoms. The molecule has 1 heterocycles. The fourth-order valence-corrected chi connectivity index (χ4v) is 2.51. The van der Waals surface area contributed by atoms with Crippen LogP contribution in [0, 0.1) is 0 Å².